The maximum absolute atomic E-state index is 8.63. The average Bonchev–Trinajstić information content (AvgIpc) is 1.60. The van der Waals surface area contributed by atoms with Crippen LogP contribution in [-0.4, -0.2) is 17.3 Å². The van der Waals surface area contributed by atoms with Crippen molar-refractivity contribution in [1.29, 1.82) is 0 Å². The maximum atomic E-state index is 8.63. The summed E-state index contributed by atoms with van der Waals surface area (Å²) in [5.41, 5.74) is 6.54. The Bertz CT molecular complexity index is 118. The molecule has 0 aromatic heterocycles. The molecule has 0 aromatic carbocycles. The molecule has 0 aromatic rings. The molecule has 0 unspecified atom stereocenters. The van der Waals surface area contributed by atoms with Crippen LogP contribution in [0.2, 0.25) is 0 Å². The van der Waals surface area contributed by atoms with Crippen LogP contribution in [0.3, 0.4) is 0 Å². The first kappa shape index (κ1) is 5.69. The van der Waals surface area contributed by atoms with Crippen molar-refractivity contribution in [2.45, 2.75) is 31.2 Å². The molecular weight excluding hydrogens is 114 g/mol. The van der Waals surface area contributed by atoms with Gasteiger partial charge in [0.05, 0.1) is 0 Å². The third-order valence-corrected chi connectivity index (χ3v) is 2.82. The lowest BCUT2D eigenvalue weighted by atomic mass is 9.39. The van der Waals surface area contributed by atoms with E-state index in [-0.39, 0.29) is 5.54 Å². The van der Waals surface area contributed by atoms with E-state index in [4.69, 9.17) is 10.8 Å². The van der Waals surface area contributed by atoms with Crippen LogP contribution in [0.1, 0.15) is 25.7 Å². The van der Waals surface area contributed by atoms with Crippen LogP contribution in [0.15, 0.2) is 0 Å². The second kappa shape index (κ2) is 1.32. The number of aliphatic hydroxyl groups excluding tert-OH is 1. The van der Waals surface area contributed by atoms with Gasteiger partial charge in [-0.1, -0.05) is 0 Å². The van der Waals surface area contributed by atoms with Crippen LogP contribution in [0.4, 0.5) is 0 Å². The quantitative estimate of drug-likeness (QED) is 0.558. The summed E-state index contributed by atoms with van der Waals surface area (Å²) in [6.07, 6.45) is 4.48. The van der Waals surface area contributed by atoms with Gasteiger partial charge >= 0.3 is 0 Å². The highest BCUT2D eigenvalue weighted by atomic mass is 16.3. The molecule has 3 aliphatic carbocycles. The van der Waals surface area contributed by atoms with E-state index >= 15 is 0 Å². The summed E-state index contributed by atoms with van der Waals surface area (Å²) < 4.78 is 0. The van der Waals surface area contributed by atoms with Crippen molar-refractivity contribution >= 4 is 0 Å². The van der Waals surface area contributed by atoms with Crippen molar-refractivity contribution in [1.82, 2.24) is 0 Å². The first-order valence-electron chi connectivity index (χ1n) is 3.58. The highest BCUT2D eigenvalue weighted by molar-refractivity contribution is 5.21. The zero-order chi connectivity index (χ0) is 6.54. The van der Waals surface area contributed by atoms with Gasteiger partial charge < -0.3 is 10.8 Å². The summed E-state index contributed by atoms with van der Waals surface area (Å²) >= 11 is 0. The van der Waals surface area contributed by atoms with E-state index in [9.17, 15) is 0 Å². The Morgan fingerprint density at radius 3 is 2.22 bits per heavy atom. The molecule has 0 atom stereocenters. The number of hydrogen-bond acceptors (Lipinski definition) is 2. The lowest BCUT2D eigenvalue weighted by molar-refractivity contribution is -0.142. The Morgan fingerprint density at radius 1 is 1.33 bits per heavy atom. The van der Waals surface area contributed by atoms with Gasteiger partial charge in [0.15, 0.2) is 0 Å². The molecule has 2 nitrogen and oxygen atoms in total. The predicted octanol–water partition coefficient (Wildman–Crippen LogP) is 0.250. The van der Waals surface area contributed by atoms with Gasteiger partial charge in [-0.3, -0.25) is 0 Å². The van der Waals surface area contributed by atoms with E-state index in [0.717, 1.165) is 6.42 Å². The molecule has 52 valence electrons. The summed E-state index contributed by atoms with van der Waals surface area (Å²) in [6, 6.07) is 0. The molecule has 3 aliphatic rings. The van der Waals surface area contributed by atoms with Crippen LogP contribution < -0.4 is 5.73 Å². The predicted molar refractivity (Wildman–Crippen MR) is 34.9 cm³/mol. The third kappa shape index (κ3) is 0.578. The van der Waals surface area contributed by atoms with Crippen LogP contribution in [-0.2, 0) is 0 Å². The molecule has 0 aliphatic heterocycles. The molecule has 3 rings (SSSR count). The fourth-order valence-corrected chi connectivity index (χ4v) is 2.59. The van der Waals surface area contributed by atoms with Crippen LogP contribution in [0.25, 0.3) is 0 Å². The van der Waals surface area contributed by atoms with Gasteiger partial charge in [0.25, 0.3) is 0 Å². The lowest BCUT2D eigenvalue weighted by Gasteiger charge is -2.69. The molecule has 2 heteroatoms. The summed E-state index contributed by atoms with van der Waals surface area (Å²) in [5, 5.41) is 8.63. The van der Waals surface area contributed by atoms with Gasteiger partial charge in [-0.2, -0.15) is 0 Å². The molecule has 0 heterocycles. The standard InChI is InChI=1S/C7H13NO/c8-7-3-6(4-7,5-7)1-2-9/h9H,1-5,8H2. The van der Waals surface area contributed by atoms with Gasteiger partial charge in [-0.25, -0.2) is 0 Å². The minimum Gasteiger partial charge on any atom is -0.396 e. The minimum absolute atomic E-state index is 0.217. The molecule has 0 spiro atoms. The SMILES string of the molecule is NC12CC(CCO)(C1)C2. The van der Waals surface area contributed by atoms with Crippen molar-refractivity contribution in [3.63, 3.8) is 0 Å². The van der Waals surface area contributed by atoms with Crippen molar-refractivity contribution < 1.29 is 5.11 Å². The Labute approximate surface area is 55.1 Å². The molecular formula is C7H13NO. The molecule has 0 saturated heterocycles. The van der Waals surface area contributed by atoms with Gasteiger partial charge in [0.1, 0.15) is 0 Å². The van der Waals surface area contributed by atoms with Crippen LogP contribution in [0.5, 0.6) is 0 Å². The van der Waals surface area contributed by atoms with E-state index < -0.39 is 0 Å². The van der Waals surface area contributed by atoms with Crippen molar-refractivity contribution in [3.8, 4) is 0 Å². The second-order valence-electron chi connectivity index (χ2n) is 3.87. The van der Waals surface area contributed by atoms with E-state index in [1.165, 1.54) is 19.3 Å². The average molecular weight is 127 g/mol. The molecule has 0 amide bonds. The minimum atomic E-state index is 0.217. The normalized spacial score (nSPS) is 54.0. The topological polar surface area (TPSA) is 46.2 Å². The fraction of sp³-hybridized carbons (Fsp3) is 1.00. The van der Waals surface area contributed by atoms with Crippen molar-refractivity contribution in [3.05, 3.63) is 0 Å². The van der Waals surface area contributed by atoms with E-state index in [2.05, 4.69) is 0 Å². The zero-order valence-corrected chi connectivity index (χ0v) is 5.56. The number of nitrogens with two attached hydrogens (primary N) is 1. The summed E-state index contributed by atoms with van der Waals surface area (Å²) in [7, 11) is 0. The van der Waals surface area contributed by atoms with E-state index in [1.54, 1.807) is 0 Å². The Hall–Kier alpha value is -0.0800. The Balaban J connectivity index is 1.90. The summed E-state index contributed by atoms with van der Waals surface area (Å²) in [5.74, 6) is 0. The zero-order valence-electron chi connectivity index (χ0n) is 5.56. The van der Waals surface area contributed by atoms with Gasteiger partial charge in [-0.15, -0.1) is 0 Å². The largest absolute Gasteiger partial charge is 0.396 e. The molecule has 3 saturated carbocycles. The first-order valence-corrected chi connectivity index (χ1v) is 3.58. The van der Waals surface area contributed by atoms with E-state index in [1.807, 2.05) is 0 Å². The summed E-state index contributed by atoms with van der Waals surface area (Å²) in [4.78, 5) is 0. The van der Waals surface area contributed by atoms with Crippen molar-refractivity contribution in [2.75, 3.05) is 6.61 Å². The smallest absolute Gasteiger partial charge is 0.0436 e. The summed E-state index contributed by atoms with van der Waals surface area (Å²) in [6.45, 7) is 0.343. The van der Waals surface area contributed by atoms with Crippen molar-refractivity contribution in [2.24, 2.45) is 11.1 Å². The highest BCUT2D eigenvalue weighted by Gasteiger charge is 2.64. The molecule has 3 N–H and O–H groups in total. The molecule has 0 radical (unpaired) electrons. The van der Waals surface area contributed by atoms with Gasteiger partial charge in [0, 0.05) is 12.1 Å². The first-order chi connectivity index (χ1) is 4.18. The van der Waals surface area contributed by atoms with Gasteiger partial charge in [-0.05, 0) is 31.1 Å². The van der Waals surface area contributed by atoms with Gasteiger partial charge in [0.2, 0.25) is 0 Å². The monoisotopic (exact) mass is 127 g/mol. The maximum Gasteiger partial charge on any atom is 0.0436 e. The van der Waals surface area contributed by atoms with E-state index in [0.29, 0.717) is 12.0 Å². The Morgan fingerprint density at radius 2 is 1.89 bits per heavy atom. The number of aliphatic hydroxyl groups is 1. The highest BCUT2D eigenvalue weighted by Crippen LogP contribution is 2.67. The second-order valence-corrected chi connectivity index (χ2v) is 3.87. The lowest BCUT2D eigenvalue weighted by Crippen LogP contribution is -2.72. The fourth-order valence-electron chi connectivity index (χ4n) is 2.59. The van der Waals surface area contributed by atoms with Crippen LogP contribution >= 0.6 is 0 Å². The molecule has 9 heavy (non-hydrogen) atoms. The third-order valence-electron chi connectivity index (χ3n) is 2.82. The molecule has 3 fully saturated rings. The Kier molecular flexibility index (Phi) is 0.837. The van der Waals surface area contributed by atoms with Crippen LogP contribution in [0, 0.1) is 5.41 Å². The number of rotatable bonds is 2. The molecule has 2 bridgehead atoms. The number of hydrogen-bond donors (Lipinski definition) is 2.